The van der Waals surface area contributed by atoms with Gasteiger partial charge in [0.25, 0.3) is 0 Å². The Hall–Kier alpha value is -0.793. The van der Waals surface area contributed by atoms with Gasteiger partial charge in [-0.15, -0.1) is 0 Å². The van der Waals surface area contributed by atoms with E-state index in [-0.39, 0.29) is 24.4 Å². The molecule has 0 atom stereocenters. The number of piperazine rings is 1. The Labute approximate surface area is 144 Å². The predicted octanol–water partition coefficient (Wildman–Crippen LogP) is 0.615. The van der Waals surface area contributed by atoms with Gasteiger partial charge in [0, 0.05) is 31.7 Å². The summed E-state index contributed by atoms with van der Waals surface area (Å²) in [6.45, 7) is 7.97. The zero-order valence-electron chi connectivity index (χ0n) is 13.8. The molecule has 0 N–H and O–H groups in total. The van der Waals surface area contributed by atoms with Crippen molar-refractivity contribution < 1.29 is 27.6 Å². The second-order valence-corrected chi connectivity index (χ2v) is 5.57. The Balaban J connectivity index is 0.00000242. The quantitative estimate of drug-likeness (QED) is 0.457. The molecular weight excluding hydrogens is 277 g/mol. The molecule has 2 nitrogen and oxygen atoms in total. The fourth-order valence-electron chi connectivity index (χ4n) is 2.48. The molecule has 1 aromatic carbocycles. The zero-order chi connectivity index (χ0) is 15.5. The van der Waals surface area contributed by atoms with Crippen LogP contribution in [-0.2, 0) is 6.05 Å². The molecule has 0 aromatic heterocycles. The van der Waals surface area contributed by atoms with Crippen LogP contribution in [0.3, 0.4) is 0 Å². The smallest absolute Gasteiger partial charge is 0.304 e. The molecule has 2 rings (SSSR count). The number of allylic oxidation sites excluding steroid dienone is 1. The minimum atomic E-state index is -2.94. The molecule has 1 aliphatic heterocycles. The van der Waals surface area contributed by atoms with Gasteiger partial charge in [-0.2, -0.15) is 14.9 Å². The SMILES string of the molecule is [CH2-]/C(=C\c1ccccc1C(F)(F)N1CCN(C)CC1)CC.[Li+]. The summed E-state index contributed by atoms with van der Waals surface area (Å²) in [5.74, 6) is 0. The van der Waals surface area contributed by atoms with Crippen LogP contribution in [0.4, 0.5) is 8.78 Å². The van der Waals surface area contributed by atoms with E-state index in [1.807, 2.05) is 14.0 Å². The largest absolute Gasteiger partial charge is 1.00 e. The Bertz CT molecular complexity index is 509. The number of benzene rings is 1. The maximum atomic E-state index is 14.8. The minimum absolute atomic E-state index is 0. The van der Waals surface area contributed by atoms with E-state index in [0.717, 1.165) is 12.0 Å². The summed E-state index contributed by atoms with van der Waals surface area (Å²) >= 11 is 0. The number of hydrogen-bond acceptors (Lipinski definition) is 2. The van der Waals surface area contributed by atoms with Gasteiger partial charge < -0.3 is 4.90 Å². The van der Waals surface area contributed by atoms with Gasteiger partial charge in [-0.05, 0) is 7.05 Å². The van der Waals surface area contributed by atoms with Gasteiger partial charge in [-0.1, -0.05) is 43.2 Å². The third-order valence-electron chi connectivity index (χ3n) is 4.00. The van der Waals surface area contributed by atoms with Crippen LogP contribution in [0.5, 0.6) is 0 Å². The van der Waals surface area contributed by atoms with E-state index in [9.17, 15) is 8.78 Å². The second-order valence-electron chi connectivity index (χ2n) is 5.57. The number of hydrogen-bond donors (Lipinski definition) is 0. The van der Waals surface area contributed by atoms with Crippen LogP contribution in [0.15, 0.2) is 29.8 Å². The molecule has 22 heavy (non-hydrogen) atoms. The molecule has 0 radical (unpaired) electrons. The first-order valence-electron chi connectivity index (χ1n) is 7.38. The molecule has 116 valence electrons. The van der Waals surface area contributed by atoms with E-state index >= 15 is 0 Å². The molecule has 0 spiro atoms. The molecule has 0 saturated carbocycles. The average molecular weight is 300 g/mol. The number of nitrogens with zero attached hydrogens (tertiary/aromatic N) is 2. The summed E-state index contributed by atoms with van der Waals surface area (Å²) in [7, 11) is 1.96. The van der Waals surface area contributed by atoms with Crippen LogP contribution in [0.2, 0.25) is 0 Å². The average Bonchev–Trinajstić information content (AvgIpc) is 2.48. The third-order valence-corrected chi connectivity index (χ3v) is 4.00. The van der Waals surface area contributed by atoms with Gasteiger partial charge in [0.2, 0.25) is 0 Å². The Morgan fingerprint density at radius 2 is 1.82 bits per heavy atom. The van der Waals surface area contributed by atoms with Crippen LogP contribution < -0.4 is 18.9 Å². The molecule has 1 heterocycles. The summed E-state index contributed by atoms with van der Waals surface area (Å²) in [5.41, 5.74) is 1.49. The fourth-order valence-corrected chi connectivity index (χ4v) is 2.48. The van der Waals surface area contributed by atoms with Crippen LogP contribution in [0.25, 0.3) is 6.08 Å². The van der Waals surface area contributed by atoms with Crippen molar-refractivity contribution in [1.29, 1.82) is 0 Å². The van der Waals surface area contributed by atoms with Crippen molar-refractivity contribution >= 4 is 6.08 Å². The summed E-state index contributed by atoms with van der Waals surface area (Å²) in [4.78, 5) is 3.35. The van der Waals surface area contributed by atoms with E-state index in [2.05, 4.69) is 11.8 Å². The normalized spacial score (nSPS) is 18.1. The molecule has 1 aromatic rings. The summed E-state index contributed by atoms with van der Waals surface area (Å²) in [6.07, 6.45) is 2.52. The summed E-state index contributed by atoms with van der Waals surface area (Å²) in [6, 6.07) is 3.78. The van der Waals surface area contributed by atoms with Crippen molar-refractivity contribution in [3.8, 4) is 0 Å². The second kappa shape index (κ2) is 8.17. The molecular formula is C17H23F2LiN2. The Morgan fingerprint density at radius 1 is 1.23 bits per heavy atom. The number of alkyl halides is 2. The van der Waals surface area contributed by atoms with Crippen molar-refractivity contribution in [3.05, 3.63) is 47.9 Å². The monoisotopic (exact) mass is 300 g/mol. The maximum absolute atomic E-state index is 14.8. The molecule has 0 amide bonds. The van der Waals surface area contributed by atoms with Gasteiger partial charge in [0.05, 0.1) is 0 Å². The van der Waals surface area contributed by atoms with E-state index in [4.69, 9.17) is 0 Å². The van der Waals surface area contributed by atoms with Gasteiger partial charge >= 0.3 is 24.9 Å². The van der Waals surface area contributed by atoms with E-state index in [1.54, 1.807) is 24.3 Å². The van der Waals surface area contributed by atoms with Crippen LogP contribution in [0.1, 0.15) is 24.5 Å². The number of halogens is 2. The first-order chi connectivity index (χ1) is 9.95. The molecule has 1 aliphatic rings. The maximum Gasteiger partial charge on any atom is 1.00 e. The van der Waals surface area contributed by atoms with Crippen molar-refractivity contribution in [2.24, 2.45) is 0 Å². The minimum Gasteiger partial charge on any atom is -0.304 e. The van der Waals surface area contributed by atoms with Crippen LogP contribution in [-0.4, -0.2) is 43.0 Å². The fraction of sp³-hybridized carbons (Fsp3) is 0.471. The van der Waals surface area contributed by atoms with Crippen molar-refractivity contribution in [2.75, 3.05) is 33.2 Å². The third kappa shape index (κ3) is 4.36. The van der Waals surface area contributed by atoms with Gasteiger partial charge in [0.1, 0.15) is 0 Å². The molecule has 5 heteroatoms. The predicted molar refractivity (Wildman–Crippen MR) is 83.0 cm³/mol. The summed E-state index contributed by atoms with van der Waals surface area (Å²) < 4.78 is 29.7. The molecule has 1 saturated heterocycles. The first kappa shape index (κ1) is 19.3. The van der Waals surface area contributed by atoms with Gasteiger partial charge in [-0.25, -0.2) is 17.4 Å². The standard InChI is InChI=1S/C17H23F2N2.Li/c1-4-14(2)13-15-7-5-6-8-16(15)17(18,19)21-11-9-20(3)10-12-21;/h5-8,13H,2,4,9-12H2,1,3H3;/q-1;+1/b14-13+;. The molecule has 0 unspecified atom stereocenters. The van der Waals surface area contributed by atoms with Crippen molar-refractivity contribution in [2.45, 2.75) is 19.4 Å². The molecule has 0 aliphatic carbocycles. The zero-order valence-corrected chi connectivity index (χ0v) is 13.8. The molecule has 1 fully saturated rings. The van der Waals surface area contributed by atoms with E-state index in [0.29, 0.717) is 31.7 Å². The van der Waals surface area contributed by atoms with Gasteiger partial charge in [-0.3, -0.25) is 0 Å². The van der Waals surface area contributed by atoms with Crippen molar-refractivity contribution in [3.63, 3.8) is 0 Å². The first-order valence-corrected chi connectivity index (χ1v) is 7.38. The van der Waals surface area contributed by atoms with Gasteiger partial charge in [0.15, 0.2) is 0 Å². The number of likely N-dealkylation sites (N-methyl/N-ethyl adjacent to an activating group) is 1. The van der Waals surface area contributed by atoms with Crippen LogP contribution in [0, 0.1) is 6.92 Å². The van der Waals surface area contributed by atoms with Crippen LogP contribution >= 0.6 is 0 Å². The number of rotatable bonds is 4. The summed E-state index contributed by atoms with van der Waals surface area (Å²) in [5, 5.41) is 0. The van der Waals surface area contributed by atoms with Crippen molar-refractivity contribution in [1.82, 2.24) is 9.80 Å². The topological polar surface area (TPSA) is 6.48 Å². The Kier molecular flexibility index (Phi) is 7.15. The van der Waals surface area contributed by atoms with E-state index in [1.165, 1.54) is 11.0 Å². The molecule has 0 bridgehead atoms. The van der Waals surface area contributed by atoms with E-state index < -0.39 is 6.05 Å². The Morgan fingerprint density at radius 3 is 2.41 bits per heavy atom.